The Morgan fingerprint density at radius 3 is 1.07 bits per heavy atom. The molecule has 0 fully saturated rings. The molecule has 0 aromatic heterocycles. The zero-order valence-electron chi connectivity index (χ0n) is 33.0. The van der Waals surface area contributed by atoms with Crippen LogP contribution in [0.15, 0.2) is 105 Å². The molecule has 6 N–H and O–H groups in total. The number of carbonyl (C=O) groups excluding carboxylic acids is 5. The maximum absolute atomic E-state index is 14.1. The molecule has 0 unspecified atom stereocenters. The van der Waals surface area contributed by atoms with Crippen LogP contribution in [0, 0.1) is 13.8 Å². The fourth-order valence-corrected chi connectivity index (χ4v) is 9.30. The van der Waals surface area contributed by atoms with Gasteiger partial charge in [-0.3, -0.25) is 27.8 Å². The van der Waals surface area contributed by atoms with Gasteiger partial charge in [0, 0.05) is 45.4 Å². The quantitative estimate of drug-likeness (QED) is 0.0942. The van der Waals surface area contributed by atoms with Crippen molar-refractivity contribution in [3.8, 4) is 11.5 Å². The first-order valence-electron chi connectivity index (χ1n) is 18.2. The van der Waals surface area contributed by atoms with Crippen LogP contribution >= 0.6 is 0 Å². The van der Waals surface area contributed by atoms with E-state index >= 15 is 0 Å². The van der Waals surface area contributed by atoms with E-state index in [0.29, 0.717) is 9.80 Å². The van der Waals surface area contributed by atoms with Crippen molar-refractivity contribution in [2.45, 2.75) is 33.4 Å². The summed E-state index contributed by atoms with van der Waals surface area (Å²) < 4.78 is 146. The van der Waals surface area contributed by atoms with E-state index in [0.717, 1.165) is 60.7 Å². The number of carbonyl (C=O) groups is 5. The van der Waals surface area contributed by atoms with Crippen molar-refractivity contribution >= 4 is 233 Å². The van der Waals surface area contributed by atoms with Crippen molar-refractivity contribution in [3.63, 3.8) is 0 Å². The van der Waals surface area contributed by atoms with Crippen molar-refractivity contribution in [2.75, 3.05) is 20.4 Å². The number of benzene rings is 6. The first-order chi connectivity index (χ1) is 30.6. The van der Waals surface area contributed by atoms with Gasteiger partial charge in [0.25, 0.3) is 52.3 Å². The second-order valence-corrected chi connectivity index (χ2v) is 20.2. The molecule has 2 aliphatic heterocycles. The van der Waals surface area contributed by atoms with Gasteiger partial charge in [0.15, 0.2) is 0 Å². The number of imide groups is 2. The summed E-state index contributed by atoms with van der Waals surface area (Å²) in [6, 6.07) is 13.1. The fraction of sp³-hybridized carbons (Fsp3) is 0.0513. The van der Waals surface area contributed by atoms with Crippen LogP contribution in [0.2, 0.25) is 0 Å². The number of hydrogen-bond donors (Lipinski definition) is 6. The Bertz CT molecular complexity index is 3510. The molecule has 0 radical (unpaired) electrons. The number of rotatable bonds is 8. The summed E-state index contributed by atoms with van der Waals surface area (Å²) in [6.07, 6.45) is -2.89. The third-order valence-electron chi connectivity index (χ3n) is 10.2. The molecular weight excluding hydrogens is 1050 g/mol. The Morgan fingerprint density at radius 1 is 0.471 bits per heavy atom. The number of amides is 6. The van der Waals surface area contributed by atoms with Gasteiger partial charge in [-0.2, -0.15) is 33.7 Å². The van der Waals surface area contributed by atoms with E-state index in [2.05, 4.69) is 10.6 Å². The summed E-state index contributed by atoms with van der Waals surface area (Å²) in [5.74, 6) is -3.23. The Morgan fingerprint density at radius 2 is 0.771 bits per heavy atom. The van der Waals surface area contributed by atoms with E-state index in [1.54, 1.807) is 0 Å². The molecule has 23 nitrogen and oxygen atoms in total. The van der Waals surface area contributed by atoms with Gasteiger partial charge in [-0.1, -0.05) is 12.1 Å². The second kappa shape index (κ2) is 21.2. The molecule has 0 spiro atoms. The second-order valence-electron chi connectivity index (χ2n) is 14.5. The van der Waals surface area contributed by atoms with Crippen molar-refractivity contribution in [1.29, 1.82) is 0 Å². The average Bonchev–Trinajstić information content (AvgIpc) is 3.20. The molecule has 6 aromatic carbocycles. The molecule has 2 heterocycles. The SMILES string of the molecule is Cc1ccc(NC(=O)Nc2ccc(C)c(C(=O)N3C(=O)Oc4cc(S(=O)(=O)O)cc5cc(S(=O)(=O)O)cc3c45)c2)cc1C(=O)N1C(=O)Oc2cc(S(=O)(=O)O)cc3cc(S(=O)(=O)O)cc1c23.[NaH].[NaH].[NaH].[NaH]. The Balaban J connectivity index is 0.00000266. The van der Waals surface area contributed by atoms with Crippen LogP contribution in [0.25, 0.3) is 21.5 Å². The third kappa shape index (κ3) is 11.5. The molecule has 8 rings (SSSR count). The Kier molecular flexibility index (Phi) is 18.0. The molecule has 348 valence electrons. The monoisotopic (exact) mass is 1080 g/mol. The topological polar surface area (TPSA) is 352 Å². The van der Waals surface area contributed by atoms with Gasteiger partial charge >= 0.3 is 136 Å². The molecule has 0 atom stereocenters. The van der Waals surface area contributed by atoms with Gasteiger partial charge in [0.05, 0.1) is 31.0 Å². The van der Waals surface area contributed by atoms with E-state index in [4.69, 9.17) is 9.47 Å². The van der Waals surface area contributed by atoms with Crippen LogP contribution in [0.4, 0.5) is 37.1 Å². The molecule has 6 aromatic rings. The molecule has 6 amide bonds. The number of anilines is 4. The van der Waals surface area contributed by atoms with Gasteiger partial charge in [-0.25, -0.2) is 24.2 Å². The van der Waals surface area contributed by atoms with E-state index in [1.807, 2.05) is 0 Å². The summed E-state index contributed by atoms with van der Waals surface area (Å²) in [5.41, 5.74) is -1.13. The summed E-state index contributed by atoms with van der Waals surface area (Å²) in [4.78, 5) is 65.9. The third-order valence-corrected chi connectivity index (χ3v) is 13.5. The van der Waals surface area contributed by atoms with E-state index in [-0.39, 0.29) is 173 Å². The molecule has 2 aliphatic rings. The summed E-state index contributed by atoms with van der Waals surface area (Å²) in [5, 5.41) is 4.07. The minimum atomic E-state index is -5.05. The zero-order valence-corrected chi connectivity index (χ0v) is 36.3. The van der Waals surface area contributed by atoms with Gasteiger partial charge in [0.1, 0.15) is 11.5 Å². The van der Waals surface area contributed by atoms with Crippen molar-refractivity contribution in [3.05, 3.63) is 107 Å². The fourth-order valence-electron chi connectivity index (χ4n) is 7.17. The molecular formula is C39H30N4Na4O19S4. The molecule has 31 heteroatoms. The van der Waals surface area contributed by atoms with Gasteiger partial charge in [0.2, 0.25) is 0 Å². The minimum absolute atomic E-state index is 0. The van der Waals surface area contributed by atoms with Gasteiger partial charge in [-0.05, 0) is 96.4 Å². The van der Waals surface area contributed by atoms with Crippen LogP contribution in [0.5, 0.6) is 11.5 Å². The van der Waals surface area contributed by atoms with Crippen molar-refractivity contribution < 1.29 is 85.3 Å². The van der Waals surface area contributed by atoms with Crippen molar-refractivity contribution in [2.24, 2.45) is 0 Å². The van der Waals surface area contributed by atoms with Crippen LogP contribution in [-0.4, -0.2) is 200 Å². The molecule has 70 heavy (non-hydrogen) atoms. The normalized spacial score (nSPS) is 13.1. The standard InChI is InChI=1S/C39H26N4O19S4.4Na.4H/c1-17-3-5-21(11-27(17)35(44)42-29-13-23(63(49,50)51)7-19-9-25(65(55,56)57)15-31(33(19)29)61-38(42)47)40-37(46)41-22-6-4-18(2)28(12-22)36(45)43-30-14-24(64(52,53)54)8-20-10-26(66(58,59)60)16-32(34(20)30)62-39(43)48;;;;;;;;/h3-16H,1-2H3,(H2,40,41,46)(H,49,50,51)(H,52,53,54)(H,55,56,57)(H,58,59,60);;;;;;;;. The van der Waals surface area contributed by atoms with Crippen LogP contribution in [0.3, 0.4) is 0 Å². The van der Waals surface area contributed by atoms with Crippen LogP contribution in [0.1, 0.15) is 31.8 Å². The first kappa shape index (κ1) is 59.2. The molecule has 0 aliphatic carbocycles. The molecule has 0 saturated heterocycles. The summed E-state index contributed by atoms with van der Waals surface area (Å²) in [7, 11) is -20.0. The van der Waals surface area contributed by atoms with Gasteiger partial charge in [-0.15, -0.1) is 0 Å². The van der Waals surface area contributed by atoms with E-state index in [9.17, 15) is 75.9 Å². The predicted octanol–water partition coefficient (Wildman–Crippen LogP) is 2.97. The zero-order chi connectivity index (χ0) is 48.2. The van der Waals surface area contributed by atoms with Gasteiger partial charge < -0.3 is 20.1 Å². The summed E-state index contributed by atoms with van der Waals surface area (Å²) >= 11 is 0. The van der Waals surface area contributed by atoms with Crippen LogP contribution in [-0.2, 0) is 40.5 Å². The molecule has 0 saturated carbocycles. The average molecular weight is 1080 g/mol. The predicted molar refractivity (Wildman–Crippen MR) is 256 cm³/mol. The Hall–Kier alpha value is -3.37. The molecule has 0 bridgehead atoms. The van der Waals surface area contributed by atoms with E-state index in [1.165, 1.54) is 38.1 Å². The summed E-state index contributed by atoms with van der Waals surface area (Å²) in [6.45, 7) is 2.90. The van der Waals surface area contributed by atoms with E-state index < -0.39 is 113 Å². The number of aryl methyl sites for hydroxylation is 2. The van der Waals surface area contributed by atoms with Crippen LogP contribution < -0.4 is 29.9 Å². The number of hydrogen-bond acceptors (Lipinski definition) is 15. The number of urea groups is 1. The Labute approximate surface area is 484 Å². The first-order valence-corrected chi connectivity index (χ1v) is 23.9. The number of ether oxygens (including phenoxy) is 2. The van der Waals surface area contributed by atoms with Crippen molar-refractivity contribution in [1.82, 2.24) is 0 Å². The number of nitrogens with one attached hydrogen (secondary N) is 2. The maximum atomic E-state index is 14.1. The number of nitrogens with zero attached hydrogens (tertiary/aromatic N) is 2.